The van der Waals surface area contributed by atoms with Gasteiger partial charge in [0.1, 0.15) is 17.4 Å². The van der Waals surface area contributed by atoms with E-state index in [0.717, 1.165) is 3.57 Å². The molecule has 2 aromatic carbocycles. The number of hydrogen-bond donors (Lipinski definition) is 2. The molecule has 2 aromatic rings. The number of para-hydroxylation sites is 1. The van der Waals surface area contributed by atoms with E-state index in [4.69, 9.17) is 11.6 Å². The number of benzene rings is 2. The van der Waals surface area contributed by atoms with E-state index < -0.39 is 5.91 Å². The van der Waals surface area contributed by atoms with E-state index in [2.05, 4.69) is 27.9 Å². The number of hydrogen-bond acceptors (Lipinski definition) is 3. The van der Waals surface area contributed by atoms with E-state index in [9.17, 15) is 15.2 Å². The Morgan fingerprint density at radius 1 is 1.30 bits per heavy atom. The number of halogens is 3. The normalized spacial score (nSPS) is 11.0. The Hall–Kier alpha value is -1.31. The highest BCUT2D eigenvalue weighted by molar-refractivity contribution is 14.1. The third-order valence-electron chi connectivity index (χ3n) is 2.84. The van der Waals surface area contributed by atoms with Gasteiger partial charge in [-0.2, -0.15) is 5.26 Å². The molecule has 0 saturated carbocycles. The summed E-state index contributed by atoms with van der Waals surface area (Å²) in [6.07, 6.45) is 1.35. The lowest BCUT2D eigenvalue weighted by Gasteiger charge is -2.07. The van der Waals surface area contributed by atoms with Crippen LogP contribution in [-0.2, 0) is 4.79 Å². The molecule has 0 aliphatic carbocycles. The number of aromatic hydroxyl groups is 1. The Kier molecular flexibility index (Phi) is 6.26. The molecule has 1 amide bonds. The maximum atomic E-state index is 12.2. The highest BCUT2D eigenvalue weighted by Crippen LogP contribution is 2.29. The van der Waals surface area contributed by atoms with Gasteiger partial charge in [0.15, 0.2) is 0 Å². The van der Waals surface area contributed by atoms with Gasteiger partial charge in [0.2, 0.25) is 0 Å². The fourth-order valence-electron chi connectivity index (χ4n) is 1.75. The van der Waals surface area contributed by atoms with Gasteiger partial charge in [-0.3, -0.25) is 4.79 Å². The van der Waals surface area contributed by atoms with Crippen LogP contribution in [0.3, 0.4) is 0 Å². The van der Waals surface area contributed by atoms with Crippen LogP contribution in [0.2, 0.25) is 5.02 Å². The monoisotopic (exact) mass is 550 g/mol. The predicted molar refractivity (Wildman–Crippen MR) is 107 cm³/mol. The molecule has 0 atom stereocenters. The fourth-order valence-corrected chi connectivity index (χ4v) is 3.82. The lowest BCUT2D eigenvalue weighted by molar-refractivity contribution is -0.112. The van der Waals surface area contributed by atoms with Crippen molar-refractivity contribution < 1.29 is 9.90 Å². The largest absolute Gasteiger partial charge is 0.506 e. The van der Waals surface area contributed by atoms with Gasteiger partial charge in [-0.05, 0) is 75.5 Å². The molecule has 0 unspecified atom stereocenters. The topological polar surface area (TPSA) is 73.1 Å². The maximum Gasteiger partial charge on any atom is 0.266 e. The maximum absolute atomic E-state index is 12.2. The SMILES string of the molecule is N#C/C(=C\c1cc(I)cc(I)c1O)C(=O)Nc1ccccc1Cl. The Bertz CT molecular complexity index is 844. The van der Waals surface area contributed by atoms with Gasteiger partial charge in [-0.15, -0.1) is 0 Å². The fraction of sp³-hybridized carbons (Fsp3) is 0. The third kappa shape index (κ3) is 4.59. The number of carbonyl (C=O) groups excluding carboxylic acids is 1. The predicted octanol–water partition coefficient (Wildman–Crippen LogP) is 4.80. The summed E-state index contributed by atoms with van der Waals surface area (Å²) >= 11 is 10.1. The molecule has 4 nitrogen and oxygen atoms in total. The molecule has 116 valence electrons. The molecule has 0 aliphatic rings. The van der Waals surface area contributed by atoms with E-state index in [1.165, 1.54) is 6.08 Å². The van der Waals surface area contributed by atoms with Crippen LogP contribution in [0.15, 0.2) is 42.0 Å². The Balaban J connectivity index is 2.35. The molecule has 0 heterocycles. The summed E-state index contributed by atoms with van der Waals surface area (Å²) in [4.78, 5) is 12.2. The van der Waals surface area contributed by atoms with E-state index in [1.807, 2.05) is 28.7 Å². The van der Waals surface area contributed by atoms with Crippen LogP contribution < -0.4 is 5.32 Å². The van der Waals surface area contributed by atoms with Crippen molar-refractivity contribution in [1.82, 2.24) is 0 Å². The van der Waals surface area contributed by atoms with Gasteiger partial charge in [0, 0.05) is 9.13 Å². The number of nitrogens with one attached hydrogen (secondary N) is 1. The average Bonchev–Trinajstić information content (AvgIpc) is 2.51. The van der Waals surface area contributed by atoms with Crippen molar-refractivity contribution in [3.05, 3.63) is 59.7 Å². The second kappa shape index (κ2) is 7.99. The molecule has 0 radical (unpaired) electrons. The number of nitriles is 1. The third-order valence-corrected chi connectivity index (χ3v) is 4.62. The Morgan fingerprint density at radius 2 is 2.00 bits per heavy atom. The van der Waals surface area contributed by atoms with E-state index in [0.29, 0.717) is 19.8 Å². The highest BCUT2D eigenvalue weighted by Gasteiger charge is 2.13. The van der Waals surface area contributed by atoms with Crippen LogP contribution in [-0.4, -0.2) is 11.0 Å². The first-order chi connectivity index (χ1) is 10.9. The first kappa shape index (κ1) is 18.0. The number of rotatable bonds is 3. The van der Waals surface area contributed by atoms with Gasteiger partial charge in [0.05, 0.1) is 14.3 Å². The molecule has 23 heavy (non-hydrogen) atoms. The van der Waals surface area contributed by atoms with Crippen LogP contribution in [0.5, 0.6) is 5.75 Å². The smallest absolute Gasteiger partial charge is 0.266 e. The molecule has 0 saturated heterocycles. The number of phenols is 1. The van der Waals surface area contributed by atoms with Crippen LogP contribution in [0, 0.1) is 18.5 Å². The first-order valence-electron chi connectivity index (χ1n) is 6.28. The van der Waals surface area contributed by atoms with Crippen molar-refractivity contribution in [2.24, 2.45) is 0 Å². The van der Waals surface area contributed by atoms with Gasteiger partial charge in [-0.1, -0.05) is 23.7 Å². The Morgan fingerprint density at radius 3 is 2.65 bits per heavy atom. The number of phenolic OH excluding ortho intramolecular Hbond substituents is 1. The summed E-state index contributed by atoms with van der Waals surface area (Å²) in [5.74, 6) is -0.557. The van der Waals surface area contributed by atoms with Gasteiger partial charge in [0.25, 0.3) is 5.91 Å². The summed E-state index contributed by atoms with van der Waals surface area (Å²) in [5, 5.41) is 22.3. The molecule has 0 fully saturated rings. The zero-order valence-corrected chi connectivity index (χ0v) is 16.5. The summed E-state index contributed by atoms with van der Waals surface area (Å²) < 4.78 is 1.53. The van der Waals surface area contributed by atoms with Crippen molar-refractivity contribution >= 4 is 74.5 Å². The van der Waals surface area contributed by atoms with E-state index >= 15 is 0 Å². The van der Waals surface area contributed by atoms with Crippen LogP contribution in [0.25, 0.3) is 6.08 Å². The molecular formula is C16H9ClI2N2O2. The van der Waals surface area contributed by atoms with E-state index in [-0.39, 0.29) is 11.3 Å². The van der Waals surface area contributed by atoms with Crippen molar-refractivity contribution in [2.75, 3.05) is 5.32 Å². The van der Waals surface area contributed by atoms with Crippen molar-refractivity contribution in [2.45, 2.75) is 0 Å². The molecule has 2 rings (SSSR count). The zero-order chi connectivity index (χ0) is 17.0. The molecule has 0 aromatic heterocycles. The summed E-state index contributed by atoms with van der Waals surface area (Å²) in [6.45, 7) is 0. The number of nitrogens with zero attached hydrogens (tertiary/aromatic N) is 1. The minimum atomic E-state index is -0.589. The van der Waals surface area contributed by atoms with E-state index in [1.54, 1.807) is 36.4 Å². The number of anilines is 1. The Labute approximate surface area is 165 Å². The van der Waals surface area contributed by atoms with Gasteiger partial charge in [-0.25, -0.2) is 0 Å². The molecule has 7 heteroatoms. The van der Waals surface area contributed by atoms with Crippen LogP contribution in [0.1, 0.15) is 5.56 Å². The van der Waals surface area contributed by atoms with Crippen molar-refractivity contribution in [3.8, 4) is 11.8 Å². The zero-order valence-electron chi connectivity index (χ0n) is 11.5. The molecular weight excluding hydrogens is 541 g/mol. The molecule has 0 bridgehead atoms. The van der Waals surface area contributed by atoms with Crippen LogP contribution in [0.4, 0.5) is 5.69 Å². The lowest BCUT2D eigenvalue weighted by atomic mass is 10.1. The minimum absolute atomic E-state index is 0.0318. The van der Waals surface area contributed by atoms with Crippen LogP contribution >= 0.6 is 56.8 Å². The minimum Gasteiger partial charge on any atom is -0.506 e. The molecule has 2 N–H and O–H groups in total. The standard InChI is InChI=1S/C16H9ClI2N2O2/c17-12-3-1-2-4-14(12)21-16(23)10(8-20)5-9-6-11(18)7-13(19)15(9)22/h1-7,22H,(H,21,23)/b10-5+. The van der Waals surface area contributed by atoms with Gasteiger partial charge < -0.3 is 10.4 Å². The highest BCUT2D eigenvalue weighted by atomic mass is 127. The second-order valence-electron chi connectivity index (χ2n) is 4.43. The van der Waals surface area contributed by atoms with Crippen molar-refractivity contribution in [3.63, 3.8) is 0 Å². The summed E-state index contributed by atoms with van der Waals surface area (Å²) in [6, 6.07) is 12.1. The van der Waals surface area contributed by atoms with Crippen molar-refractivity contribution in [1.29, 1.82) is 5.26 Å². The summed E-state index contributed by atoms with van der Waals surface area (Å²) in [5.41, 5.74) is 0.701. The molecule has 0 aliphatic heterocycles. The first-order valence-corrected chi connectivity index (χ1v) is 8.81. The summed E-state index contributed by atoms with van der Waals surface area (Å²) in [7, 11) is 0. The number of carbonyl (C=O) groups is 1. The lowest BCUT2D eigenvalue weighted by Crippen LogP contribution is -2.13. The number of amides is 1. The second-order valence-corrected chi connectivity index (χ2v) is 7.24. The van der Waals surface area contributed by atoms with Gasteiger partial charge >= 0.3 is 0 Å². The average molecular weight is 551 g/mol. The molecule has 0 spiro atoms. The quantitative estimate of drug-likeness (QED) is 0.328.